The van der Waals surface area contributed by atoms with Crippen LogP contribution < -0.4 is 0 Å². The summed E-state index contributed by atoms with van der Waals surface area (Å²) in [7, 11) is 0. The number of unbranched alkanes of at least 4 members (excludes halogenated alkanes) is 1. The van der Waals surface area contributed by atoms with Crippen LogP contribution in [0.5, 0.6) is 0 Å². The minimum Gasteiger partial charge on any atom is -0.461 e. The smallest absolute Gasteiger partial charge is 0.313 e. The summed E-state index contributed by atoms with van der Waals surface area (Å²) in [4.78, 5) is 13.8. The molecule has 1 aliphatic heterocycles. The lowest BCUT2D eigenvalue weighted by molar-refractivity contribution is -0.184. The van der Waals surface area contributed by atoms with Gasteiger partial charge in [-0.05, 0) is 24.3 Å². The number of rotatable bonds is 8. The van der Waals surface area contributed by atoms with Crippen molar-refractivity contribution in [1.82, 2.24) is 0 Å². The summed E-state index contributed by atoms with van der Waals surface area (Å²) in [6, 6.07) is 0. The van der Waals surface area contributed by atoms with Crippen molar-refractivity contribution in [3.8, 4) is 0 Å². The highest BCUT2D eigenvalue weighted by atomic mass is 16.6. The van der Waals surface area contributed by atoms with Crippen molar-refractivity contribution in [2.45, 2.75) is 52.1 Å². The van der Waals surface area contributed by atoms with Crippen LogP contribution in [-0.4, -0.2) is 18.6 Å². The Balaban J connectivity index is 2.22. The third-order valence-corrected chi connectivity index (χ3v) is 3.36. The number of cyclic esters (lactones) is 1. The van der Waals surface area contributed by atoms with Gasteiger partial charge in [0.2, 0.25) is 0 Å². The van der Waals surface area contributed by atoms with Gasteiger partial charge in [0.1, 0.15) is 6.10 Å². The molecule has 3 atom stereocenters. The van der Waals surface area contributed by atoms with Crippen molar-refractivity contribution in [1.29, 1.82) is 0 Å². The Hall–Kier alpha value is -1.22. The van der Waals surface area contributed by atoms with E-state index in [2.05, 4.69) is 23.9 Å². The lowest BCUT2D eigenvalue weighted by Gasteiger charge is -2.34. The topological polar surface area (TPSA) is 75.1 Å². The molecular formula is C12H21N3O2. The number of carbonyl (C=O) groups is 1. The Bertz CT molecular complexity index is 300. The Morgan fingerprint density at radius 1 is 1.53 bits per heavy atom. The second-order valence-electron chi connectivity index (χ2n) is 4.82. The first-order chi connectivity index (χ1) is 8.19. The van der Waals surface area contributed by atoms with Crippen molar-refractivity contribution in [3.05, 3.63) is 10.4 Å². The van der Waals surface area contributed by atoms with Crippen molar-refractivity contribution in [2.75, 3.05) is 6.54 Å². The summed E-state index contributed by atoms with van der Waals surface area (Å²) >= 11 is 0. The van der Waals surface area contributed by atoms with Crippen molar-refractivity contribution in [2.24, 2.45) is 17.0 Å². The van der Waals surface area contributed by atoms with Crippen LogP contribution in [0.2, 0.25) is 0 Å². The number of ether oxygens (including phenoxy) is 1. The van der Waals surface area contributed by atoms with E-state index < -0.39 is 0 Å². The summed E-state index contributed by atoms with van der Waals surface area (Å²) in [6.45, 7) is 4.66. The van der Waals surface area contributed by atoms with Crippen LogP contribution in [0.4, 0.5) is 0 Å². The maximum atomic E-state index is 11.2. The highest BCUT2D eigenvalue weighted by Gasteiger charge is 2.41. The van der Waals surface area contributed by atoms with E-state index in [1.165, 1.54) is 19.3 Å². The Kier molecular flexibility index (Phi) is 5.84. The molecule has 0 aromatic carbocycles. The van der Waals surface area contributed by atoms with Crippen molar-refractivity contribution in [3.63, 3.8) is 0 Å². The van der Waals surface area contributed by atoms with E-state index in [1.807, 2.05) is 0 Å². The second kappa shape index (κ2) is 7.17. The number of hydrogen-bond donors (Lipinski definition) is 0. The molecule has 0 spiro atoms. The summed E-state index contributed by atoms with van der Waals surface area (Å²) in [5, 5.41) is 3.45. The van der Waals surface area contributed by atoms with Gasteiger partial charge in [0, 0.05) is 11.5 Å². The van der Waals surface area contributed by atoms with Gasteiger partial charge in [-0.3, -0.25) is 4.79 Å². The van der Waals surface area contributed by atoms with Gasteiger partial charge >= 0.3 is 5.97 Å². The Labute approximate surface area is 102 Å². The zero-order valence-electron chi connectivity index (χ0n) is 10.6. The van der Waals surface area contributed by atoms with E-state index in [1.54, 1.807) is 0 Å². The lowest BCUT2D eigenvalue weighted by atomic mass is 9.89. The van der Waals surface area contributed by atoms with Gasteiger partial charge in [-0.15, -0.1) is 0 Å². The van der Waals surface area contributed by atoms with Crippen LogP contribution in [0, 0.1) is 11.8 Å². The minimum atomic E-state index is -0.219. The van der Waals surface area contributed by atoms with Crippen LogP contribution >= 0.6 is 0 Å². The average molecular weight is 239 g/mol. The molecule has 0 bridgehead atoms. The predicted molar refractivity (Wildman–Crippen MR) is 65.3 cm³/mol. The van der Waals surface area contributed by atoms with Gasteiger partial charge in [0.05, 0.1) is 5.92 Å². The van der Waals surface area contributed by atoms with Crippen LogP contribution in [0.3, 0.4) is 0 Å². The zero-order chi connectivity index (χ0) is 12.7. The van der Waals surface area contributed by atoms with E-state index in [0.717, 1.165) is 12.8 Å². The fourth-order valence-corrected chi connectivity index (χ4v) is 2.12. The predicted octanol–water partition coefficient (Wildman–Crippen LogP) is 3.44. The number of azide groups is 1. The van der Waals surface area contributed by atoms with Crippen LogP contribution in [0.25, 0.3) is 10.4 Å². The van der Waals surface area contributed by atoms with E-state index in [-0.39, 0.29) is 24.5 Å². The molecule has 0 aliphatic carbocycles. The molecule has 5 heteroatoms. The monoisotopic (exact) mass is 239 g/mol. The maximum Gasteiger partial charge on any atom is 0.313 e. The third kappa shape index (κ3) is 4.27. The first-order valence-electron chi connectivity index (χ1n) is 6.40. The zero-order valence-corrected chi connectivity index (χ0v) is 10.6. The molecule has 1 aliphatic rings. The normalized spacial score (nSPS) is 24.5. The van der Waals surface area contributed by atoms with E-state index in [4.69, 9.17) is 10.3 Å². The number of nitrogens with zero attached hydrogens (tertiary/aromatic N) is 3. The lowest BCUT2D eigenvalue weighted by Crippen LogP contribution is -2.46. The third-order valence-electron chi connectivity index (χ3n) is 3.36. The second-order valence-corrected chi connectivity index (χ2v) is 4.82. The van der Waals surface area contributed by atoms with Gasteiger partial charge in [-0.2, -0.15) is 0 Å². The molecular weight excluding hydrogens is 218 g/mol. The molecule has 1 rings (SSSR count). The standard InChI is InChI=1S/C12H21N3O2/c1-3-4-5-9(2)6-7-11-10(8-14-15-13)12(16)17-11/h9-11H,3-8H2,1-2H3/t9-,10?,11-/m1/s1. The molecule has 0 amide bonds. The van der Waals surface area contributed by atoms with Gasteiger partial charge in [0.25, 0.3) is 0 Å². The van der Waals surface area contributed by atoms with Crippen LogP contribution in [0.1, 0.15) is 46.0 Å². The highest BCUT2D eigenvalue weighted by Crippen LogP contribution is 2.28. The van der Waals surface area contributed by atoms with Crippen molar-refractivity contribution < 1.29 is 9.53 Å². The van der Waals surface area contributed by atoms with Gasteiger partial charge < -0.3 is 4.74 Å². The van der Waals surface area contributed by atoms with Crippen molar-refractivity contribution >= 4 is 5.97 Å². The quantitative estimate of drug-likeness (QED) is 0.281. The van der Waals surface area contributed by atoms with Crippen LogP contribution in [-0.2, 0) is 9.53 Å². The summed E-state index contributed by atoms with van der Waals surface area (Å²) in [6.07, 6.45) is 5.65. The largest absolute Gasteiger partial charge is 0.461 e. The molecule has 1 unspecified atom stereocenters. The molecule has 0 aromatic rings. The molecule has 96 valence electrons. The van der Waals surface area contributed by atoms with E-state index in [9.17, 15) is 4.79 Å². The van der Waals surface area contributed by atoms with Gasteiger partial charge in [-0.1, -0.05) is 38.2 Å². The fourth-order valence-electron chi connectivity index (χ4n) is 2.12. The molecule has 0 N–H and O–H groups in total. The first kappa shape index (κ1) is 13.8. The average Bonchev–Trinajstić information content (AvgIpc) is 2.32. The molecule has 1 fully saturated rings. The summed E-state index contributed by atoms with van der Waals surface area (Å²) < 4.78 is 5.08. The summed E-state index contributed by atoms with van der Waals surface area (Å²) in [5.41, 5.74) is 8.23. The molecule has 0 saturated carbocycles. The number of carbonyl (C=O) groups excluding carboxylic acids is 1. The molecule has 1 saturated heterocycles. The van der Waals surface area contributed by atoms with Gasteiger partial charge in [0.15, 0.2) is 0 Å². The molecule has 0 aromatic heterocycles. The number of hydrogen-bond acceptors (Lipinski definition) is 3. The SMILES string of the molecule is CCCC[C@@H](C)CC[C@H]1OC(=O)C1CN=[N+]=[N-]. The highest BCUT2D eigenvalue weighted by molar-refractivity contribution is 5.78. The first-order valence-corrected chi connectivity index (χ1v) is 6.40. The molecule has 5 nitrogen and oxygen atoms in total. The molecule has 0 radical (unpaired) electrons. The Morgan fingerprint density at radius 2 is 2.29 bits per heavy atom. The minimum absolute atomic E-state index is 0.0305. The number of esters is 1. The fraction of sp³-hybridized carbons (Fsp3) is 0.917. The molecule has 17 heavy (non-hydrogen) atoms. The van der Waals surface area contributed by atoms with E-state index in [0.29, 0.717) is 5.92 Å². The summed E-state index contributed by atoms with van der Waals surface area (Å²) in [5.74, 6) is 0.252. The van der Waals surface area contributed by atoms with Gasteiger partial charge in [-0.25, -0.2) is 0 Å². The van der Waals surface area contributed by atoms with E-state index >= 15 is 0 Å². The van der Waals surface area contributed by atoms with Crippen LogP contribution in [0.15, 0.2) is 5.11 Å². The molecule has 1 heterocycles. The Morgan fingerprint density at radius 3 is 2.88 bits per heavy atom. The maximum absolute atomic E-state index is 11.2.